The number of rotatable bonds is 7. The molecule has 2 aromatic rings. The molecule has 0 aromatic carbocycles. The molecule has 2 rings (SSSR count). The Labute approximate surface area is 108 Å². The first-order chi connectivity index (χ1) is 8.75. The van der Waals surface area contributed by atoms with Crippen LogP contribution in [0.5, 0.6) is 0 Å². The van der Waals surface area contributed by atoms with Gasteiger partial charge in [-0.2, -0.15) is 5.10 Å². The number of aromatic amines is 1. The highest BCUT2D eigenvalue weighted by Gasteiger charge is 2.01. The highest BCUT2D eigenvalue weighted by Crippen LogP contribution is 2.04. The zero-order valence-corrected chi connectivity index (χ0v) is 11.1. The normalized spacial score (nSPS) is 11.3. The van der Waals surface area contributed by atoms with Crippen molar-refractivity contribution in [2.75, 3.05) is 6.54 Å². The average Bonchev–Trinajstić information content (AvgIpc) is 2.98. The molecule has 2 heterocycles. The van der Waals surface area contributed by atoms with Crippen LogP contribution < -0.4 is 5.32 Å². The minimum absolute atomic E-state index is 0.428. The van der Waals surface area contributed by atoms with Crippen molar-refractivity contribution in [3.05, 3.63) is 36.2 Å². The summed E-state index contributed by atoms with van der Waals surface area (Å²) < 4.78 is 1.99. The lowest BCUT2D eigenvalue weighted by Crippen LogP contribution is -2.15. The van der Waals surface area contributed by atoms with Gasteiger partial charge in [0.1, 0.15) is 5.82 Å². The number of hydrogen-bond donors (Lipinski definition) is 2. The van der Waals surface area contributed by atoms with E-state index >= 15 is 0 Å². The van der Waals surface area contributed by atoms with E-state index in [0.717, 1.165) is 31.8 Å². The van der Waals surface area contributed by atoms with Crippen LogP contribution in [0.2, 0.25) is 0 Å². The van der Waals surface area contributed by atoms with Crippen LogP contribution in [0.4, 0.5) is 0 Å². The van der Waals surface area contributed by atoms with Gasteiger partial charge in [0.25, 0.3) is 0 Å². The Morgan fingerprint density at radius 1 is 1.44 bits per heavy atom. The van der Waals surface area contributed by atoms with Crippen molar-refractivity contribution >= 4 is 0 Å². The number of aryl methyl sites for hydroxylation is 1. The maximum Gasteiger partial charge on any atom is 0.106 e. The molecule has 2 N–H and O–H groups in total. The van der Waals surface area contributed by atoms with Gasteiger partial charge in [0, 0.05) is 43.2 Å². The van der Waals surface area contributed by atoms with Gasteiger partial charge in [-0.3, -0.25) is 4.68 Å². The van der Waals surface area contributed by atoms with Crippen LogP contribution in [0.25, 0.3) is 0 Å². The molecule has 0 saturated heterocycles. The molecule has 0 bridgehead atoms. The van der Waals surface area contributed by atoms with Crippen molar-refractivity contribution in [2.45, 2.75) is 39.3 Å². The molecular formula is C13H21N5. The number of aromatic nitrogens is 4. The fraction of sp³-hybridized carbons (Fsp3) is 0.538. The molecular weight excluding hydrogens is 226 g/mol. The predicted molar refractivity (Wildman–Crippen MR) is 71.2 cm³/mol. The average molecular weight is 247 g/mol. The minimum atomic E-state index is 0.428. The van der Waals surface area contributed by atoms with E-state index in [1.54, 1.807) is 6.20 Å². The fourth-order valence-electron chi connectivity index (χ4n) is 1.80. The summed E-state index contributed by atoms with van der Waals surface area (Å²) in [5, 5.41) is 7.74. The Morgan fingerprint density at radius 3 is 3.00 bits per heavy atom. The summed E-state index contributed by atoms with van der Waals surface area (Å²) in [6.07, 6.45) is 9.77. The van der Waals surface area contributed by atoms with Crippen molar-refractivity contribution in [1.82, 2.24) is 25.1 Å². The van der Waals surface area contributed by atoms with Crippen molar-refractivity contribution < 1.29 is 0 Å². The Balaban J connectivity index is 1.62. The second-order valence-electron chi connectivity index (χ2n) is 4.74. The first kappa shape index (κ1) is 12.8. The van der Waals surface area contributed by atoms with Gasteiger partial charge in [0.2, 0.25) is 0 Å². The number of imidazole rings is 1. The summed E-state index contributed by atoms with van der Waals surface area (Å²) in [6, 6.07) is 0.428. The molecule has 0 aliphatic carbocycles. The maximum atomic E-state index is 4.32. The molecule has 5 heteroatoms. The Kier molecular flexibility index (Phi) is 4.52. The summed E-state index contributed by atoms with van der Waals surface area (Å²) in [5.74, 6) is 1.06. The van der Waals surface area contributed by atoms with Gasteiger partial charge in [-0.05, 0) is 26.8 Å². The molecule has 0 aliphatic heterocycles. The lowest BCUT2D eigenvalue weighted by Gasteiger charge is -2.04. The zero-order valence-electron chi connectivity index (χ0n) is 11.1. The van der Waals surface area contributed by atoms with Gasteiger partial charge < -0.3 is 10.3 Å². The second-order valence-corrected chi connectivity index (χ2v) is 4.74. The number of nitrogens with zero attached hydrogens (tertiary/aromatic N) is 3. The van der Waals surface area contributed by atoms with E-state index in [1.807, 2.05) is 17.1 Å². The summed E-state index contributed by atoms with van der Waals surface area (Å²) in [5.41, 5.74) is 1.24. The van der Waals surface area contributed by atoms with Gasteiger partial charge in [0.15, 0.2) is 0 Å². The molecule has 0 unspecified atom stereocenters. The van der Waals surface area contributed by atoms with Crippen LogP contribution in [0.3, 0.4) is 0 Å². The van der Waals surface area contributed by atoms with Crippen molar-refractivity contribution in [3.63, 3.8) is 0 Å². The molecule has 0 spiro atoms. The van der Waals surface area contributed by atoms with Crippen molar-refractivity contribution in [3.8, 4) is 0 Å². The molecule has 0 atom stereocenters. The molecule has 18 heavy (non-hydrogen) atoms. The van der Waals surface area contributed by atoms with E-state index in [2.05, 4.69) is 40.4 Å². The van der Waals surface area contributed by atoms with Crippen LogP contribution in [0.1, 0.15) is 37.7 Å². The second kappa shape index (κ2) is 6.35. The third-order valence-electron chi connectivity index (χ3n) is 2.84. The zero-order chi connectivity index (χ0) is 12.8. The standard InChI is InChI=1S/C13H21N5/c1-11(2)18-10-12(9-17-18)8-14-5-3-4-13-15-6-7-16-13/h6-7,9-11,14H,3-5,8H2,1-2H3,(H,15,16). The lowest BCUT2D eigenvalue weighted by atomic mass is 10.3. The number of H-pyrrole nitrogens is 1. The first-order valence-electron chi connectivity index (χ1n) is 6.47. The highest BCUT2D eigenvalue weighted by atomic mass is 15.3. The van der Waals surface area contributed by atoms with E-state index < -0.39 is 0 Å². The molecule has 0 fully saturated rings. The van der Waals surface area contributed by atoms with Crippen LogP contribution in [-0.2, 0) is 13.0 Å². The Bertz CT molecular complexity index is 444. The van der Waals surface area contributed by atoms with E-state index in [-0.39, 0.29) is 0 Å². The molecule has 0 aliphatic rings. The molecule has 0 amide bonds. The predicted octanol–water partition coefficient (Wildman–Crippen LogP) is 1.91. The molecule has 5 nitrogen and oxygen atoms in total. The van der Waals surface area contributed by atoms with Crippen molar-refractivity contribution in [2.24, 2.45) is 0 Å². The molecule has 98 valence electrons. The quantitative estimate of drug-likeness (QED) is 0.735. The SMILES string of the molecule is CC(C)n1cc(CNCCCc2ncc[nH]2)cn1. The third-order valence-corrected chi connectivity index (χ3v) is 2.84. The highest BCUT2D eigenvalue weighted by molar-refractivity contribution is 5.03. The summed E-state index contributed by atoms with van der Waals surface area (Å²) in [7, 11) is 0. The van der Waals surface area contributed by atoms with Crippen LogP contribution in [0.15, 0.2) is 24.8 Å². The molecule has 0 saturated carbocycles. The summed E-state index contributed by atoms with van der Waals surface area (Å²) in [4.78, 5) is 7.31. The van der Waals surface area contributed by atoms with E-state index in [4.69, 9.17) is 0 Å². The smallest absolute Gasteiger partial charge is 0.106 e. The third kappa shape index (κ3) is 3.70. The van der Waals surface area contributed by atoms with Gasteiger partial charge >= 0.3 is 0 Å². The van der Waals surface area contributed by atoms with Gasteiger partial charge in [-0.25, -0.2) is 4.98 Å². The van der Waals surface area contributed by atoms with Crippen molar-refractivity contribution in [1.29, 1.82) is 0 Å². The monoisotopic (exact) mass is 247 g/mol. The molecule has 0 radical (unpaired) electrons. The molecule has 2 aromatic heterocycles. The van der Waals surface area contributed by atoms with Gasteiger partial charge in [-0.15, -0.1) is 0 Å². The Hall–Kier alpha value is -1.62. The summed E-state index contributed by atoms with van der Waals surface area (Å²) in [6.45, 7) is 6.14. The van der Waals surface area contributed by atoms with Crippen LogP contribution >= 0.6 is 0 Å². The van der Waals surface area contributed by atoms with E-state index in [1.165, 1.54) is 5.56 Å². The Morgan fingerprint density at radius 2 is 2.33 bits per heavy atom. The fourth-order valence-corrected chi connectivity index (χ4v) is 1.80. The van der Waals surface area contributed by atoms with Gasteiger partial charge in [-0.1, -0.05) is 0 Å². The van der Waals surface area contributed by atoms with Crippen LogP contribution in [0, 0.1) is 0 Å². The van der Waals surface area contributed by atoms with E-state index in [0.29, 0.717) is 6.04 Å². The topological polar surface area (TPSA) is 58.5 Å². The van der Waals surface area contributed by atoms with Gasteiger partial charge in [0.05, 0.1) is 6.20 Å². The van der Waals surface area contributed by atoms with Crippen LogP contribution in [-0.4, -0.2) is 26.3 Å². The largest absolute Gasteiger partial charge is 0.349 e. The summed E-state index contributed by atoms with van der Waals surface area (Å²) >= 11 is 0. The minimum Gasteiger partial charge on any atom is -0.349 e. The number of nitrogens with one attached hydrogen (secondary N) is 2. The maximum absolute atomic E-state index is 4.32. The first-order valence-corrected chi connectivity index (χ1v) is 6.47. The number of hydrogen-bond acceptors (Lipinski definition) is 3. The lowest BCUT2D eigenvalue weighted by molar-refractivity contribution is 0.531. The van der Waals surface area contributed by atoms with E-state index in [9.17, 15) is 0 Å².